The molecule has 0 fully saturated rings. The zero-order chi connectivity index (χ0) is 18.8. The number of thioether (sulfide) groups is 1. The second-order valence-electron chi connectivity index (χ2n) is 5.41. The second kappa shape index (κ2) is 7.37. The van der Waals surface area contributed by atoms with Crippen molar-refractivity contribution in [2.45, 2.75) is 11.9 Å². The Labute approximate surface area is 160 Å². The summed E-state index contributed by atoms with van der Waals surface area (Å²) in [6.07, 6.45) is 3.05. The van der Waals surface area contributed by atoms with E-state index < -0.39 is 0 Å². The molecule has 0 bridgehead atoms. The fourth-order valence-electron chi connectivity index (χ4n) is 2.35. The summed E-state index contributed by atoms with van der Waals surface area (Å²) >= 11 is 2.59. The Balaban J connectivity index is 1.52. The van der Waals surface area contributed by atoms with Crippen molar-refractivity contribution in [3.63, 3.8) is 0 Å². The first kappa shape index (κ1) is 17.5. The molecule has 3 heterocycles. The Morgan fingerprint density at radius 1 is 1.26 bits per heavy atom. The molecule has 0 saturated carbocycles. The maximum absolute atomic E-state index is 13.1. The van der Waals surface area contributed by atoms with Crippen molar-refractivity contribution in [1.82, 2.24) is 29.9 Å². The maximum atomic E-state index is 13.1. The lowest BCUT2D eigenvalue weighted by Crippen LogP contribution is -2.14. The quantitative estimate of drug-likeness (QED) is 0.405. The van der Waals surface area contributed by atoms with Gasteiger partial charge in [-0.25, -0.2) is 19.0 Å². The van der Waals surface area contributed by atoms with Gasteiger partial charge in [0.25, 0.3) is 0 Å². The highest BCUT2D eigenvalue weighted by atomic mass is 32.2. The number of aryl methyl sites for hydroxylation is 1. The summed E-state index contributed by atoms with van der Waals surface area (Å²) in [7, 11) is 0. The molecule has 0 saturated heterocycles. The Hall–Kier alpha value is -2.92. The summed E-state index contributed by atoms with van der Waals surface area (Å²) in [6, 6.07) is 5.96. The topological polar surface area (TPSA) is 98.5 Å². The fraction of sp³-hybridized carbons (Fsp3) is 0.125. The van der Waals surface area contributed by atoms with Crippen LogP contribution in [-0.2, 0) is 4.79 Å². The number of nitrogens with zero attached hydrogens (tertiary/aromatic N) is 6. The van der Waals surface area contributed by atoms with E-state index in [0.717, 1.165) is 5.01 Å². The number of benzene rings is 1. The minimum atomic E-state index is -0.322. The Bertz CT molecular complexity index is 1110. The Kier molecular flexibility index (Phi) is 4.77. The van der Waals surface area contributed by atoms with Crippen LogP contribution in [0.5, 0.6) is 0 Å². The van der Waals surface area contributed by atoms with Crippen LogP contribution in [0.25, 0.3) is 16.7 Å². The number of aromatic nitrogens is 6. The van der Waals surface area contributed by atoms with E-state index in [1.807, 2.05) is 6.92 Å². The highest BCUT2D eigenvalue weighted by Gasteiger charge is 2.14. The summed E-state index contributed by atoms with van der Waals surface area (Å²) in [6.45, 7) is 1.82. The van der Waals surface area contributed by atoms with Crippen LogP contribution in [-0.4, -0.2) is 41.6 Å². The average molecular weight is 401 g/mol. The number of hydrogen-bond acceptors (Lipinski definition) is 8. The minimum absolute atomic E-state index is 0.159. The minimum Gasteiger partial charge on any atom is -0.300 e. The van der Waals surface area contributed by atoms with Crippen molar-refractivity contribution in [2.24, 2.45) is 0 Å². The van der Waals surface area contributed by atoms with Gasteiger partial charge < -0.3 is 0 Å². The Morgan fingerprint density at radius 3 is 2.81 bits per heavy atom. The van der Waals surface area contributed by atoms with E-state index in [-0.39, 0.29) is 17.5 Å². The number of nitrogens with one attached hydrogen (secondary N) is 1. The third kappa shape index (κ3) is 3.78. The molecule has 0 aliphatic heterocycles. The van der Waals surface area contributed by atoms with Gasteiger partial charge in [0.2, 0.25) is 11.0 Å². The van der Waals surface area contributed by atoms with Gasteiger partial charge in [-0.3, -0.25) is 10.1 Å². The van der Waals surface area contributed by atoms with Crippen LogP contribution in [0.3, 0.4) is 0 Å². The molecule has 4 rings (SSSR count). The standard InChI is InChI=1S/C16H12FN7OS2/c1-9-22-23-16(27-9)21-13(25)7-26-15-12-6-20-24(14(12)18-8-19-15)11-4-2-10(17)3-5-11/h2-6,8H,7H2,1H3,(H,21,23,25). The molecule has 1 N–H and O–H groups in total. The van der Waals surface area contributed by atoms with Gasteiger partial charge in [0, 0.05) is 0 Å². The van der Waals surface area contributed by atoms with Gasteiger partial charge >= 0.3 is 0 Å². The van der Waals surface area contributed by atoms with Gasteiger partial charge in [0.15, 0.2) is 5.65 Å². The van der Waals surface area contributed by atoms with Crippen molar-refractivity contribution < 1.29 is 9.18 Å². The number of hydrogen-bond donors (Lipinski definition) is 1. The van der Waals surface area contributed by atoms with E-state index in [0.29, 0.717) is 26.9 Å². The normalized spacial score (nSPS) is 11.0. The molecule has 0 atom stereocenters. The molecule has 27 heavy (non-hydrogen) atoms. The fourth-order valence-corrected chi connectivity index (χ4v) is 3.71. The van der Waals surface area contributed by atoms with Gasteiger partial charge in [0.1, 0.15) is 22.2 Å². The largest absolute Gasteiger partial charge is 0.300 e. The molecular formula is C16H12FN7OS2. The van der Waals surface area contributed by atoms with Crippen molar-refractivity contribution in [3.05, 3.63) is 47.6 Å². The first-order chi connectivity index (χ1) is 13.1. The predicted molar refractivity (Wildman–Crippen MR) is 101 cm³/mol. The van der Waals surface area contributed by atoms with Crippen LogP contribution in [0, 0.1) is 12.7 Å². The van der Waals surface area contributed by atoms with Crippen LogP contribution < -0.4 is 5.32 Å². The van der Waals surface area contributed by atoms with E-state index >= 15 is 0 Å². The second-order valence-corrected chi connectivity index (χ2v) is 7.56. The molecular weight excluding hydrogens is 389 g/mol. The highest BCUT2D eigenvalue weighted by Crippen LogP contribution is 2.26. The van der Waals surface area contributed by atoms with E-state index in [1.165, 1.54) is 41.6 Å². The van der Waals surface area contributed by atoms with E-state index in [1.54, 1.807) is 23.0 Å². The number of carbonyl (C=O) groups excluding carboxylic acids is 1. The van der Waals surface area contributed by atoms with E-state index in [2.05, 4.69) is 30.6 Å². The SMILES string of the molecule is Cc1nnc(NC(=O)CSc2ncnc3c2cnn3-c2ccc(F)cc2)s1. The summed E-state index contributed by atoms with van der Waals surface area (Å²) in [4.78, 5) is 20.6. The van der Waals surface area contributed by atoms with Crippen LogP contribution in [0.1, 0.15) is 5.01 Å². The lowest BCUT2D eigenvalue weighted by molar-refractivity contribution is -0.113. The monoisotopic (exact) mass is 401 g/mol. The lowest BCUT2D eigenvalue weighted by Gasteiger charge is -2.04. The average Bonchev–Trinajstić information content (AvgIpc) is 3.27. The molecule has 3 aromatic heterocycles. The zero-order valence-corrected chi connectivity index (χ0v) is 15.6. The first-order valence-corrected chi connectivity index (χ1v) is 9.58. The predicted octanol–water partition coefficient (Wildman–Crippen LogP) is 2.85. The summed E-state index contributed by atoms with van der Waals surface area (Å²) in [5, 5.41) is 17.3. The van der Waals surface area contributed by atoms with Gasteiger partial charge in [-0.15, -0.1) is 10.2 Å². The molecule has 0 spiro atoms. The highest BCUT2D eigenvalue weighted by molar-refractivity contribution is 8.00. The van der Waals surface area contributed by atoms with Crippen LogP contribution in [0.2, 0.25) is 0 Å². The van der Waals surface area contributed by atoms with Gasteiger partial charge in [-0.1, -0.05) is 23.1 Å². The molecule has 11 heteroatoms. The van der Waals surface area contributed by atoms with Crippen molar-refractivity contribution in [2.75, 3.05) is 11.1 Å². The summed E-state index contributed by atoms with van der Waals surface area (Å²) in [5.41, 5.74) is 1.27. The van der Waals surface area contributed by atoms with Crippen molar-refractivity contribution >= 4 is 45.2 Å². The lowest BCUT2D eigenvalue weighted by atomic mass is 10.3. The maximum Gasteiger partial charge on any atom is 0.236 e. The van der Waals surface area contributed by atoms with E-state index in [4.69, 9.17) is 0 Å². The Morgan fingerprint density at radius 2 is 2.07 bits per heavy atom. The smallest absolute Gasteiger partial charge is 0.236 e. The number of carbonyl (C=O) groups is 1. The van der Waals surface area contributed by atoms with Crippen molar-refractivity contribution in [1.29, 1.82) is 0 Å². The molecule has 1 amide bonds. The third-order valence-electron chi connectivity index (χ3n) is 3.51. The number of anilines is 1. The van der Waals surface area contributed by atoms with Crippen LogP contribution in [0.4, 0.5) is 9.52 Å². The molecule has 0 aliphatic rings. The van der Waals surface area contributed by atoms with Crippen molar-refractivity contribution in [3.8, 4) is 5.69 Å². The van der Waals surface area contributed by atoms with Gasteiger partial charge in [-0.05, 0) is 31.2 Å². The zero-order valence-electron chi connectivity index (χ0n) is 14.0. The molecule has 0 aliphatic carbocycles. The number of rotatable bonds is 5. The molecule has 4 aromatic rings. The number of fused-ring (bicyclic) bond motifs is 1. The van der Waals surface area contributed by atoms with Gasteiger partial charge in [-0.2, -0.15) is 5.10 Å². The summed E-state index contributed by atoms with van der Waals surface area (Å²) < 4.78 is 14.7. The molecule has 8 nitrogen and oxygen atoms in total. The molecule has 136 valence electrons. The first-order valence-electron chi connectivity index (χ1n) is 7.77. The molecule has 0 radical (unpaired) electrons. The van der Waals surface area contributed by atoms with Gasteiger partial charge in [0.05, 0.1) is 23.0 Å². The van der Waals surface area contributed by atoms with Crippen LogP contribution >= 0.6 is 23.1 Å². The summed E-state index contributed by atoms with van der Waals surface area (Å²) in [5.74, 6) is -0.363. The van der Waals surface area contributed by atoms with E-state index in [9.17, 15) is 9.18 Å². The van der Waals surface area contributed by atoms with Crippen LogP contribution in [0.15, 0.2) is 41.8 Å². The number of amides is 1. The third-order valence-corrected chi connectivity index (χ3v) is 5.27. The number of halogens is 1. The molecule has 0 unspecified atom stereocenters. The molecule has 1 aromatic carbocycles.